The van der Waals surface area contributed by atoms with Crippen LogP contribution in [0.2, 0.25) is 0 Å². The molecule has 2 aromatic carbocycles. The fourth-order valence-electron chi connectivity index (χ4n) is 3.89. The van der Waals surface area contributed by atoms with E-state index >= 15 is 0 Å². The number of hydrogen-bond donors (Lipinski definition) is 2. The van der Waals surface area contributed by atoms with Crippen LogP contribution in [0.4, 0.5) is 10.2 Å². The first-order valence-corrected chi connectivity index (χ1v) is 10.1. The molecule has 7 heteroatoms. The van der Waals surface area contributed by atoms with Crippen LogP contribution in [0, 0.1) is 11.2 Å². The van der Waals surface area contributed by atoms with Gasteiger partial charge in [-0.1, -0.05) is 18.2 Å². The van der Waals surface area contributed by atoms with Gasteiger partial charge in [0.1, 0.15) is 18.0 Å². The highest BCUT2D eigenvalue weighted by Crippen LogP contribution is 2.27. The molecule has 154 valence electrons. The fourth-order valence-corrected chi connectivity index (χ4v) is 3.89. The third kappa shape index (κ3) is 4.31. The summed E-state index contributed by atoms with van der Waals surface area (Å²) >= 11 is 0. The lowest BCUT2D eigenvalue weighted by molar-refractivity contribution is 0.285. The van der Waals surface area contributed by atoms with Crippen LogP contribution in [0.3, 0.4) is 0 Å². The molecule has 3 aromatic rings. The van der Waals surface area contributed by atoms with Gasteiger partial charge in [-0.15, -0.1) is 0 Å². The summed E-state index contributed by atoms with van der Waals surface area (Å²) in [5.74, 6) is 0.707. The highest BCUT2D eigenvalue weighted by atomic mass is 19.1. The van der Waals surface area contributed by atoms with E-state index < -0.39 is 0 Å². The highest BCUT2D eigenvalue weighted by molar-refractivity contribution is 6.09. The zero-order valence-electron chi connectivity index (χ0n) is 16.8. The number of allylic oxidation sites excluding steroid dienone is 1. The Labute approximate surface area is 175 Å². The molecule has 0 aliphatic carbocycles. The molecule has 4 rings (SSSR count). The smallest absolute Gasteiger partial charge is 0.139 e. The summed E-state index contributed by atoms with van der Waals surface area (Å²) in [6.07, 6.45) is 5.32. The van der Waals surface area contributed by atoms with Crippen molar-refractivity contribution in [1.82, 2.24) is 14.9 Å². The van der Waals surface area contributed by atoms with Crippen molar-refractivity contribution in [2.75, 3.05) is 31.1 Å². The highest BCUT2D eigenvalue weighted by Gasteiger charge is 2.19. The third-order valence-electron chi connectivity index (χ3n) is 5.49. The molecule has 1 aliphatic rings. The van der Waals surface area contributed by atoms with Crippen molar-refractivity contribution in [3.05, 3.63) is 71.9 Å². The summed E-state index contributed by atoms with van der Waals surface area (Å²) in [5.41, 5.74) is 9.20. The lowest BCUT2D eigenvalue weighted by atomic mass is 10.0. The molecule has 3 N–H and O–H groups in total. The van der Waals surface area contributed by atoms with Crippen LogP contribution in [0.25, 0.3) is 16.5 Å². The molecule has 0 amide bonds. The van der Waals surface area contributed by atoms with Crippen molar-refractivity contribution in [2.45, 2.75) is 13.0 Å². The maximum atomic E-state index is 13.2. The molecule has 0 bridgehead atoms. The molecule has 6 nitrogen and oxygen atoms in total. The molecular formula is C23H25FN6. The third-order valence-corrected chi connectivity index (χ3v) is 5.49. The second-order valence-corrected chi connectivity index (χ2v) is 7.44. The van der Waals surface area contributed by atoms with Crippen LogP contribution in [0.1, 0.15) is 17.5 Å². The van der Waals surface area contributed by atoms with Gasteiger partial charge in [0, 0.05) is 56.1 Å². The predicted molar refractivity (Wildman–Crippen MR) is 119 cm³/mol. The number of fused-ring (bicyclic) bond motifs is 1. The minimum atomic E-state index is -0.202. The van der Waals surface area contributed by atoms with Gasteiger partial charge in [0.2, 0.25) is 0 Å². The predicted octanol–water partition coefficient (Wildman–Crippen LogP) is 3.43. The molecule has 0 saturated carbocycles. The van der Waals surface area contributed by atoms with Gasteiger partial charge in [0.25, 0.3) is 0 Å². The van der Waals surface area contributed by atoms with Crippen LogP contribution < -0.4 is 10.6 Å². The standard InChI is InChI=1S/C23H25FN6/c24-20-5-2-17(3-6-20)15-29-8-1-9-30(11-10-29)23-21-12-18(19(13-25)14-26)4-7-22(21)27-16-28-23/h2-7,12-14,16,25H,1,8-11,15,26H2/b19-14+,25-13?. The van der Waals surface area contributed by atoms with Gasteiger partial charge in [-0.05, 0) is 41.8 Å². The number of nitrogens with one attached hydrogen (secondary N) is 1. The number of anilines is 1. The average Bonchev–Trinajstić information content (AvgIpc) is 3.01. The zero-order valence-corrected chi connectivity index (χ0v) is 16.8. The quantitative estimate of drug-likeness (QED) is 0.637. The largest absolute Gasteiger partial charge is 0.404 e. The first kappa shape index (κ1) is 20.0. The van der Waals surface area contributed by atoms with Crippen LogP contribution in [-0.2, 0) is 6.54 Å². The second-order valence-electron chi connectivity index (χ2n) is 7.44. The van der Waals surface area contributed by atoms with E-state index in [-0.39, 0.29) is 5.82 Å². The molecule has 1 aromatic heterocycles. The Bertz CT molecular complexity index is 1060. The Hall–Kier alpha value is -3.32. The minimum absolute atomic E-state index is 0.202. The number of benzene rings is 2. The molecule has 1 fully saturated rings. The second kappa shape index (κ2) is 9.00. The molecule has 2 heterocycles. The van der Waals surface area contributed by atoms with Crippen molar-refractivity contribution >= 4 is 28.5 Å². The molecule has 0 unspecified atom stereocenters. The molecular weight excluding hydrogens is 379 g/mol. The summed E-state index contributed by atoms with van der Waals surface area (Å²) in [4.78, 5) is 13.7. The van der Waals surface area contributed by atoms with Gasteiger partial charge in [-0.3, -0.25) is 4.90 Å². The molecule has 30 heavy (non-hydrogen) atoms. The summed E-state index contributed by atoms with van der Waals surface area (Å²) in [5, 5.41) is 8.53. The molecule has 0 spiro atoms. The Balaban J connectivity index is 1.55. The van der Waals surface area contributed by atoms with Gasteiger partial charge < -0.3 is 16.0 Å². The van der Waals surface area contributed by atoms with Gasteiger partial charge in [0.05, 0.1) is 5.52 Å². The number of aromatic nitrogens is 2. The Kier molecular flexibility index (Phi) is 5.99. The fraction of sp³-hybridized carbons (Fsp3) is 0.261. The number of nitrogens with zero attached hydrogens (tertiary/aromatic N) is 4. The Morgan fingerprint density at radius 3 is 2.67 bits per heavy atom. The number of nitrogens with two attached hydrogens (primary N) is 1. The number of rotatable bonds is 5. The lowest BCUT2D eigenvalue weighted by Crippen LogP contribution is -2.31. The van der Waals surface area contributed by atoms with E-state index in [1.165, 1.54) is 24.5 Å². The van der Waals surface area contributed by atoms with Crippen molar-refractivity contribution in [1.29, 1.82) is 5.41 Å². The Morgan fingerprint density at radius 2 is 1.90 bits per heavy atom. The first-order valence-electron chi connectivity index (χ1n) is 10.1. The normalized spacial score (nSPS) is 15.9. The van der Waals surface area contributed by atoms with E-state index in [1.54, 1.807) is 6.33 Å². The average molecular weight is 404 g/mol. The monoisotopic (exact) mass is 404 g/mol. The van der Waals surface area contributed by atoms with Crippen molar-refractivity contribution in [3.8, 4) is 0 Å². The van der Waals surface area contributed by atoms with E-state index in [1.807, 2.05) is 30.3 Å². The van der Waals surface area contributed by atoms with E-state index in [0.29, 0.717) is 5.57 Å². The van der Waals surface area contributed by atoms with E-state index in [4.69, 9.17) is 11.1 Å². The molecule has 0 atom stereocenters. The zero-order chi connectivity index (χ0) is 20.9. The van der Waals surface area contributed by atoms with Gasteiger partial charge >= 0.3 is 0 Å². The van der Waals surface area contributed by atoms with Crippen molar-refractivity contribution in [2.24, 2.45) is 5.73 Å². The molecule has 0 radical (unpaired) electrons. The number of halogens is 1. The van der Waals surface area contributed by atoms with E-state index in [9.17, 15) is 4.39 Å². The maximum Gasteiger partial charge on any atom is 0.139 e. The van der Waals surface area contributed by atoms with Crippen molar-refractivity contribution < 1.29 is 4.39 Å². The summed E-state index contributed by atoms with van der Waals surface area (Å²) in [6.45, 7) is 4.45. The van der Waals surface area contributed by atoms with E-state index in [2.05, 4.69) is 19.8 Å². The molecule has 1 saturated heterocycles. The van der Waals surface area contributed by atoms with Gasteiger partial charge in [-0.2, -0.15) is 0 Å². The summed E-state index contributed by atoms with van der Waals surface area (Å²) in [7, 11) is 0. The van der Waals surface area contributed by atoms with Crippen LogP contribution in [0.5, 0.6) is 0 Å². The SMILES string of the molecule is N=C/C(=C\N)c1ccc2ncnc(N3CCCN(Cc4ccc(F)cc4)CC3)c2c1. The van der Waals surface area contributed by atoms with Gasteiger partial charge in [-0.25, -0.2) is 14.4 Å². The number of hydrogen-bond acceptors (Lipinski definition) is 6. The molecule has 1 aliphatic heterocycles. The van der Waals surface area contributed by atoms with Crippen LogP contribution in [0.15, 0.2) is 55.0 Å². The Morgan fingerprint density at radius 1 is 1.07 bits per heavy atom. The van der Waals surface area contributed by atoms with E-state index in [0.717, 1.165) is 67.0 Å². The van der Waals surface area contributed by atoms with Crippen LogP contribution >= 0.6 is 0 Å². The summed E-state index contributed by atoms with van der Waals surface area (Å²) in [6, 6.07) is 12.6. The maximum absolute atomic E-state index is 13.2. The summed E-state index contributed by atoms with van der Waals surface area (Å²) < 4.78 is 13.2. The van der Waals surface area contributed by atoms with Gasteiger partial charge in [0.15, 0.2) is 0 Å². The van der Waals surface area contributed by atoms with Crippen molar-refractivity contribution in [3.63, 3.8) is 0 Å². The lowest BCUT2D eigenvalue weighted by Gasteiger charge is -2.24. The topological polar surface area (TPSA) is 82.1 Å². The van der Waals surface area contributed by atoms with Crippen LogP contribution in [-0.4, -0.2) is 47.3 Å². The first-order chi connectivity index (χ1) is 14.7. The minimum Gasteiger partial charge on any atom is -0.404 e.